The number of aromatic nitrogens is 3. The summed E-state index contributed by atoms with van der Waals surface area (Å²) in [4.78, 5) is 28.3. The summed E-state index contributed by atoms with van der Waals surface area (Å²) in [5, 5.41) is 0. The largest absolute Gasteiger partial charge is 0.444 e. The van der Waals surface area contributed by atoms with E-state index in [0.29, 0.717) is 5.41 Å². The van der Waals surface area contributed by atoms with Gasteiger partial charge in [-0.3, -0.25) is 0 Å². The highest BCUT2D eigenvalue weighted by molar-refractivity contribution is 5.72. The molecule has 1 aliphatic heterocycles. The van der Waals surface area contributed by atoms with Crippen molar-refractivity contribution in [2.45, 2.75) is 45.3 Å². The molecule has 1 saturated carbocycles. The Labute approximate surface area is 147 Å². The highest BCUT2D eigenvalue weighted by Gasteiger charge is 2.54. The van der Waals surface area contributed by atoms with E-state index in [1.54, 1.807) is 4.90 Å². The molecule has 1 N–H and O–H groups in total. The summed E-state index contributed by atoms with van der Waals surface area (Å²) in [6, 6.07) is 2.21. The van der Waals surface area contributed by atoms with Crippen molar-refractivity contribution in [2.24, 2.45) is 5.41 Å². The van der Waals surface area contributed by atoms with Gasteiger partial charge in [0.25, 0.3) is 0 Å². The summed E-state index contributed by atoms with van der Waals surface area (Å²) < 4.78 is 5.46. The highest BCUT2D eigenvalue weighted by Crippen LogP contribution is 2.51. The first-order valence-electron chi connectivity index (χ1n) is 8.76. The Bertz CT molecular complexity index is 795. The Morgan fingerprint density at radius 2 is 2.12 bits per heavy atom. The molecule has 0 radical (unpaired) electrons. The summed E-state index contributed by atoms with van der Waals surface area (Å²) in [7, 11) is 1.84. The normalized spacial score (nSPS) is 19.6. The molecule has 4 rings (SSSR count). The number of amides is 1. The molecule has 1 saturated heterocycles. The van der Waals surface area contributed by atoms with Crippen molar-refractivity contribution in [3.63, 3.8) is 0 Å². The second kappa shape index (κ2) is 5.34. The fourth-order valence-corrected chi connectivity index (χ4v) is 3.85. The maximum atomic E-state index is 12.2. The summed E-state index contributed by atoms with van der Waals surface area (Å²) in [6.45, 7) is 7.65. The van der Waals surface area contributed by atoms with Crippen LogP contribution in [-0.2, 0) is 4.74 Å². The summed E-state index contributed by atoms with van der Waals surface area (Å²) in [5.74, 6) is 0.932. The molecule has 0 atom stereocenters. The number of aromatic amines is 1. The van der Waals surface area contributed by atoms with Gasteiger partial charge in [0, 0.05) is 37.8 Å². The van der Waals surface area contributed by atoms with E-state index < -0.39 is 5.60 Å². The van der Waals surface area contributed by atoms with E-state index in [2.05, 4.69) is 19.9 Å². The topological polar surface area (TPSA) is 74.3 Å². The Morgan fingerprint density at radius 1 is 1.40 bits per heavy atom. The van der Waals surface area contributed by atoms with Crippen LogP contribution in [0.2, 0.25) is 0 Å². The van der Waals surface area contributed by atoms with Crippen molar-refractivity contribution in [1.29, 1.82) is 0 Å². The van der Waals surface area contributed by atoms with Gasteiger partial charge < -0.3 is 19.5 Å². The molecule has 7 nitrogen and oxygen atoms in total. The Kier molecular flexibility index (Phi) is 3.46. The van der Waals surface area contributed by atoms with Crippen LogP contribution in [0, 0.1) is 5.41 Å². The number of rotatable bonds is 2. The van der Waals surface area contributed by atoms with Gasteiger partial charge in [-0.25, -0.2) is 14.8 Å². The minimum absolute atomic E-state index is 0.229. The molecule has 3 heterocycles. The van der Waals surface area contributed by atoms with Crippen LogP contribution in [0.1, 0.15) is 33.6 Å². The third kappa shape index (κ3) is 2.92. The van der Waals surface area contributed by atoms with Gasteiger partial charge >= 0.3 is 6.09 Å². The number of H-pyrrole nitrogens is 1. The van der Waals surface area contributed by atoms with E-state index in [4.69, 9.17) is 4.74 Å². The molecule has 2 fully saturated rings. The van der Waals surface area contributed by atoms with Crippen LogP contribution in [0.3, 0.4) is 0 Å². The number of ether oxygens (including phenoxy) is 1. The molecular formula is C18H25N5O2. The Morgan fingerprint density at radius 3 is 2.80 bits per heavy atom. The lowest BCUT2D eigenvalue weighted by Gasteiger charge is -2.60. The van der Waals surface area contributed by atoms with Crippen LogP contribution in [-0.4, -0.2) is 57.7 Å². The first-order chi connectivity index (χ1) is 11.7. The molecule has 2 aromatic heterocycles. The average molecular weight is 343 g/mol. The highest BCUT2D eigenvalue weighted by atomic mass is 16.6. The SMILES string of the molecule is CN(C(=O)OC(C)(C)C)C1CC2(C1)CN(c1cnc3[nH]ccc3n1)C2. The molecule has 1 aliphatic carbocycles. The van der Waals surface area contributed by atoms with Crippen molar-refractivity contribution >= 4 is 23.1 Å². The smallest absolute Gasteiger partial charge is 0.410 e. The minimum atomic E-state index is -0.449. The van der Waals surface area contributed by atoms with Gasteiger partial charge in [0.1, 0.15) is 16.9 Å². The zero-order valence-corrected chi connectivity index (χ0v) is 15.2. The number of hydrogen-bond acceptors (Lipinski definition) is 5. The van der Waals surface area contributed by atoms with Crippen LogP contribution in [0.25, 0.3) is 11.2 Å². The van der Waals surface area contributed by atoms with Crippen LogP contribution in [0.15, 0.2) is 18.5 Å². The molecule has 0 aromatic carbocycles. The van der Waals surface area contributed by atoms with E-state index in [1.165, 1.54) is 0 Å². The number of nitrogens with zero attached hydrogens (tertiary/aromatic N) is 4. The van der Waals surface area contributed by atoms with Gasteiger partial charge in [-0.05, 0) is 39.7 Å². The molecule has 2 aromatic rings. The number of anilines is 1. The number of hydrogen-bond donors (Lipinski definition) is 1. The van der Waals surface area contributed by atoms with Crippen molar-refractivity contribution in [3.8, 4) is 0 Å². The van der Waals surface area contributed by atoms with Crippen LogP contribution in [0.4, 0.5) is 10.6 Å². The van der Waals surface area contributed by atoms with Crippen molar-refractivity contribution in [2.75, 3.05) is 25.0 Å². The van der Waals surface area contributed by atoms with E-state index in [0.717, 1.165) is 42.9 Å². The van der Waals surface area contributed by atoms with Crippen molar-refractivity contribution in [3.05, 3.63) is 18.5 Å². The lowest BCUT2D eigenvalue weighted by Crippen LogP contribution is -2.67. The zero-order chi connectivity index (χ0) is 17.8. The Hall–Kier alpha value is -2.31. The lowest BCUT2D eigenvalue weighted by molar-refractivity contribution is -0.0293. The summed E-state index contributed by atoms with van der Waals surface area (Å²) >= 11 is 0. The number of nitrogens with one attached hydrogen (secondary N) is 1. The van der Waals surface area contributed by atoms with Crippen LogP contribution >= 0.6 is 0 Å². The van der Waals surface area contributed by atoms with E-state index in [9.17, 15) is 4.79 Å². The first kappa shape index (κ1) is 16.2. The molecule has 1 amide bonds. The quantitative estimate of drug-likeness (QED) is 0.907. The zero-order valence-electron chi connectivity index (χ0n) is 15.2. The molecule has 7 heteroatoms. The maximum Gasteiger partial charge on any atom is 0.410 e. The lowest BCUT2D eigenvalue weighted by atomic mass is 9.60. The third-order valence-corrected chi connectivity index (χ3v) is 5.19. The van der Waals surface area contributed by atoms with Gasteiger partial charge in [0.05, 0.1) is 6.20 Å². The van der Waals surface area contributed by atoms with E-state index >= 15 is 0 Å². The summed E-state index contributed by atoms with van der Waals surface area (Å²) in [5.41, 5.74) is 1.59. The standard InChI is InChI=1S/C18H25N5O2/c1-17(2,3)25-16(24)22(4)12-7-18(8-12)10-23(11-18)14-9-20-15-13(21-14)5-6-19-15/h5-6,9,12H,7-8,10-11H2,1-4H3,(H,19,20). The fraction of sp³-hybridized carbons (Fsp3) is 0.611. The first-order valence-corrected chi connectivity index (χ1v) is 8.76. The maximum absolute atomic E-state index is 12.2. The van der Waals surface area contributed by atoms with Crippen LogP contribution < -0.4 is 4.90 Å². The molecular weight excluding hydrogens is 318 g/mol. The van der Waals surface area contributed by atoms with Crippen molar-refractivity contribution in [1.82, 2.24) is 19.9 Å². The molecule has 0 unspecified atom stereocenters. The number of carbonyl (C=O) groups excluding carboxylic acids is 1. The van der Waals surface area contributed by atoms with Gasteiger partial charge in [-0.15, -0.1) is 0 Å². The van der Waals surface area contributed by atoms with Gasteiger partial charge in [0.15, 0.2) is 5.65 Å². The van der Waals surface area contributed by atoms with Gasteiger partial charge in [-0.1, -0.05) is 0 Å². The molecule has 25 heavy (non-hydrogen) atoms. The van der Waals surface area contributed by atoms with Gasteiger partial charge in [-0.2, -0.15) is 0 Å². The molecule has 1 spiro atoms. The predicted molar refractivity (Wildman–Crippen MR) is 95.6 cm³/mol. The third-order valence-electron chi connectivity index (χ3n) is 5.19. The fourth-order valence-electron chi connectivity index (χ4n) is 3.85. The molecule has 2 aliphatic rings. The number of carbonyl (C=O) groups is 1. The molecule has 0 bridgehead atoms. The second-order valence-electron chi connectivity index (χ2n) is 8.45. The monoisotopic (exact) mass is 343 g/mol. The second-order valence-corrected chi connectivity index (χ2v) is 8.45. The van der Waals surface area contributed by atoms with E-state index in [-0.39, 0.29) is 12.1 Å². The minimum Gasteiger partial charge on any atom is -0.444 e. The molecule has 134 valence electrons. The van der Waals surface area contributed by atoms with Gasteiger partial charge in [0.2, 0.25) is 0 Å². The number of fused-ring (bicyclic) bond motifs is 1. The average Bonchev–Trinajstić information content (AvgIpc) is 2.89. The van der Waals surface area contributed by atoms with E-state index in [1.807, 2.05) is 46.3 Å². The summed E-state index contributed by atoms with van der Waals surface area (Å²) in [6.07, 6.45) is 5.51. The predicted octanol–water partition coefficient (Wildman–Crippen LogP) is 2.79. The van der Waals surface area contributed by atoms with Crippen LogP contribution in [0.5, 0.6) is 0 Å². The Balaban J connectivity index is 1.32. The van der Waals surface area contributed by atoms with Crippen molar-refractivity contribution < 1.29 is 9.53 Å².